The van der Waals surface area contributed by atoms with E-state index < -0.39 is 17.5 Å². The molecule has 1 unspecified atom stereocenters. The summed E-state index contributed by atoms with van der Waals surface area (Å²) in [5, 5.41) is 10.2. The van der Waals surface area contributed by atoms with Gasteiger partial charge in [-0.15, -0.1) is 0 Å². The molecule has 0 saturated carbocycles. The van der Waals surface area contributed by atoms with Crippen molar-refractivity contribution in [2.24, 2.45) is 0 Å². The van der Waals surface area contributed by atoms with Crippen LogP contribution in [0.4, 0.5) is 4.39 Å². The van der Waals surface area contributed by atoms with Crippen LogP contribution < -0.4 is 0 Å². The fourth-order valence-electron chi connectivity index (χ4n) is 1.43. The minimum Gasteiger partial charge on any atom is -0.388 e. The summed E-state index contributed by atoms with van der Waals surface area (Å²) in [6.07, 6.45) is -0.575. The fraction of sp³-hybridized carbons (Fsp3) is 0.500. The summed E-state index contributed by atoms with van der Waals surface area (Å²) < 4.78 is 18.7. The number of hydrogen-bond acceptors (Lipinski definition) is 2. The first-order valence-electron chi connectivity index (χ1n) is 5.04. The van der Waals surface area contributed by atoms with E-state index in [-0.39, 0.29) is 5.56 Å². The summed E-state index contributed by atoms with van der Waals surface area (Å²) >= 11 is 5.64. The lowest BCUT2D eigenvalue weighted by atomic mass is 9.95. The molecule has 0 amide bonds. The molecule has 0 aliphatic rings. The molecule has 1 N–H and O–H groups in total. The average Bonchev–Trinajstić information content (AvgIpc) is 2.16. The number of aliphatic hydroxyl groups is 1. The highest BCUT2D eigenvalue weighted by atomic mass is 35.5. The highest BCUT2D eigenvalue weighted by molar-refractivity contribution is 6.30. The second kappa shape index (κ2) is 5.13. The van der Waals surface area contributed by atoms with Gasteiger partial charge in [-0.3, -0.25) is 0 Å². The van der Waals surface area contributed by atoms with Crippen molar-refractivity contribution in [3.63, 3.8) is 0 Å². The van der Waals surface area contributed by atoms with Gasteiger partial charge in [0.05, 0.1) is 11.7 Å². The first-order chi connectivity index (χ1) is 7.35. The van der Waals surface area contributed by atoms with Gasteiger partial charge in [-0.2, -0.15) is 0 Å². The first kappa shape index (κ1) is 13.4. The summed E-state index contributed by atoms with van der Waals surface area (Å²) in [5.41, 5.74) is -0.250. The van der Waals surface area contributed by atoms with Gasteiger partial charge >= 0.3 is 0 Å². The van der Waals surface area contributed by atoms with E-state index in [2.05, 4.69) is 0 Å². The van der Waals surface area contributed by atoms with Crippen molar-refractivity contribution in [2.45, 2.75) is 32.0 Å². The quantitative estimate of drug-likeness (QED) is 0.883. The van der Waals surface area contributed by atoms with Gasteiger partial charge in [0.1, 0.15) is 5.82 Å². The molecule has 2 nitrogen and oxygen atoms in total. The van der Waals surface area contributed by atoms with Crippen LogP contribution in [0.2, 0.25) is 5.02 Å². The largest absolute Gasteiger partial charge is 0.388 e. The van der Waals surface area contributed by atoms with Gasteiger partial charge in [-0.25, -0.2) is 4.39 Å². The highest BCUT2D eigenvalue weighted by Crippen LogP contribution is 2.28. The molecule has 0 bridgehead atoms. The molecular weight excluding hydrogens is 231 g/mol. The van der Waals surface area contributed by atoms with Gasteiger partial charge in [0.2, 0.25) is 0 Å². The van der Waals surface area contributed by atoms with Crippen LogP contribution in [0.3, 0.4) is 0 Å². The summed E-state index contributed by atoms with van der Waals surface area (Å²) in [4.78, 5) is 0. The van der Waals surface area contributed by atoms with Gasteiger partial charge in [-0.1, -0.05) is 17.7 Å². The Morgan fingerprint density at radius 1 is 1.50 bits per heavy atom. The SMILES string of the molecule is COC(C)(C)CC(O)c1ccc(Cl)cc1F. The Hall–Kier alpha value is -0.640. The van der Waals surface area contributed by atoms with Crippen LogP contribution in [0.1, 0.15) is 31.9 Å². The minimum absolute atomic E-state index is 0.245. The lowest BCUT2D eigenvalue weighted by molar-refractivity contribution is -0.0207. The normalized spacial score (nSPS) is 13.9. The molecule has 1 atom stereocenters. The van der Waals surface area contributed by atoms with Gasteiger partial charge in [0, 0.05) is 24.1 Å². The second-order valence-corrected chi connectivity index (χ2v) is 4.79. The third kappa shape index (κ3) is 3.44. The molecule has 90 valence electrons. The van der Waals surface area contributed by atoms with Crippen molar-refractivity contribution in [1.29, 1.82) is 0 Å². The number of methoxy groups -OCH3 is 1. The topological polar surface area (TPSA) is 29.5 Å². The molecule has 0 aromatic heterocycles. The Morgan fingerprint density at radius 2 is 2.12 bits per heavy atom. The third-order valence-corrected chi connectivity index (χ3v) is 2.79. The molecule has 0 saturated heterocycles. The van der Waals surface area contributed by atoms with Gasteiger partial charge < -0.3 is 9.84 Å². The molecule has 1 aromatic carbocycles. The second-order valence-electron chi connectivity index (χ2n) is 4.35. The van der Waals surface area contributed by atoms with E-state index in [1.54, 1.807) is 13.2 Å². The van der Waals surface area contributed by atoms with E-state index in [9.17, 15) is 9.50 Å². The molecule has 0 aliphatic carbocycles. The summed E-state index contributed by atoms with van der Waals surface area (Å²) in [7, 11) is 1.56. The maximum atomic E-state index is 13.5. The van der Waals surface area contributed by atoms with Crippen molar-refractivity contribution < 1.29 is 14.2 Å². The molecule has 1 aromatic rings. The van der Waals surface area contributed by atoms with E-state index in [0.717, 1.165) is 0 Å². The number of aliphatic hydroxyl groups excluding tert-OH is 1. The molecule has 16 heavy (non-hydrogen) atoms. The summed E-state index contributed by atoms with van der Waals surface area (Å²) in [5.74, 6) is -0.494. The van der Waals surface area contributed by atoms with E-state index >= 15 is 0 Å². The Kier molecular flexibility index (Phi) is 4.30. The average molecular weight is 247 g/mol. The van der Waals surface area contributed by atoms with Crippen molar-refractivity contribution in [3.05, 3.63) is 34.6 Å². The molecule has 0 heterocycles. The van der Waals surface area contributed by atoms with Gasteiger partial charge in [0.15, 0.2) is 0 Å². The van der Waals surface area contributed by atoms with Crippen molar-refractivity contribution in [2.75, 3.05) is 7.11 Å². The van der Waals surface area contributed by atoms with Crippen LogP contribution in [-0.4, -0.2) is 17.8 Å². The lowest BCUT2D eigenvalue weighted by Crippen LogP contribution is -2.25. The number of rotatable bonds is 4. The van der Waals surface area contributed by atoms with Gasteiger partial charge in [0.25, 0.3) is 0 Å². The number of benzene rings is 1. The van der Waals surface area contributed by atoms with Crippen molar-refractivity contribution >= 4 is 11.6 Å². The van der Waals surface area contributed by atoms with Crippen LogP contribution in [-0.2, 0) is 4.74 Å². The third-order valence-electron chi connectivity index (χ3n) is 2.56. The van der Waals surface area contributed by atoms with Crippen LogP contribution in [0, 0.1) is 5.82 Å². The van der Waals surface area contributed by atoms with Crippen LogP contribution in [0.5, 0.6) is 0 Å². The van der Waals surface area contributed by atoms with Crippen molar-refractivity contribution in [3.8, 4) is 0 Å². The first-order valence-corrected chi connectivity index (χ1v) is 5.42. The minimum atomic E-state index is -0.896. The zero-order chi connectivity index (χ0) is 12.3. The maximum absolute atomic E-state index is 13.5. The van der Waals surface area contributed by atoms with Crippen LogP contribution in [0.15, 0.2) is 18.2 Å². The van der Waals surface area contributed by atoms with E-state index in [4.69, 9.17) is 16.3 Å². The molecule has 0 aliphatic heterocycles. The highest BCUT2D eigenvalue weighted by Gasteiger charge is 2.24. The maximum Gasteiger partial charge on any atom is 0.130 e. The lowest BCUT2D eigenvalue weighted by Gasteiger charge is -2.26. The number of hydrogen-bond donors (Lipinski definition) is 1. The number of ether oxygens (including phenoxy) is 1. The Balaban J connectivity index is 2.84. The molecule has 0 radical (unpaired) electrons. The summed E-state index contributed by atoms with van der Waals surface area (Å²) in [6.45, 7) is 3.67. The van der Waals surface area contributed by atoms with Crippen molar-refractivity contribution in [1.82, 2.24) is 0 Å². The Labute approximate surface area is 100.0 Å². The Morgan fingerprint density at radius 3 is 2.62 bits per heavy atom. The predicted molar refractivity (Wildman–Crippen MR) is 62.1 cm³/mol. The molecule has 0 fully saturated rings. The Bertz CT molecular complexity index is 366. The molecule has 4 heteroatoms. The predicted octanol–water partition coefficient (Wildman–Crippen LogP) is 3.33. The van der Waals surface area contributed by atoms with Gasteiger partial charge in [-0.05, 0) is 26.0 Å². The fourth-order valence-corrected chi connectivity index (χ4v) is 1.59. The van der Waals surface area contributed by atoms with E-state index in [1.165, 1.54) is 12.1 Å². The zero-order valence-electron chi connectivity index (χ0n) is 9.63. The van der Waals surface area contributed by atoms with Crippen LogP contribution in [0.25, 0.3) is 0 Å². The van der Waals surface area contributed by atoms with Crippen LogP contribution >= 0.6 is 11.6 Å². The van der Waals surface area contributed by atoms with E-state index in [0.29, 0.717) is 11.4 Å². The van der Waals surface area contributed by atoms with E-state index in [1.807, 2.05) is 13.8 Å². The molecule has 0 spiro atoms. The molecular formula is C12H16ClFO2. The standard InChI is InChI=1S/C12H16ClFO2/c1-12(2,16-3)7-11(15)9-5-4-8(13)6-10(9)14/h4-6,11,15H,7H2,1-3H3. The molecule has 1 rings (SSSR count). The number of halogens is 2. The smallest absolute Gasteiger partial charge is 0.130 e. The summed E-state index contributed by atoms with van der Waals surface area (Å²) in [6, 6.07) is 4.25. The zero-order valence-corrected chi connectivity index (χ0v) is 10.4. The monoisotopic (exact) mass is 246 g/mol.